The first-order chi connectivity index (χ1) is 24.3. The van der Waals surface area contributed by atoms with Crippen molar-refractivity contribution in [2.24, 2.45) is 0 Å². The van der Waals surface area contributed by atoms with Crippen LogP contribution in [-0.2, 0) is 28.5 Å². The molecule has 0 aliphatic carbocycles. The van der Waals surface area contributed by atoms with E-state index in [2.05, 4.69) is 26.0 Å². The molecule has 1 saturated heterocycles. The predicted octanol–water partition coefficient (Wildman–Crippen LogP) is 7.61. The number of ether oxygens (including phenoxy) is 4. The largest absolute Gasteiger partial charge is 0.462 e. The Bertz CT molecular complexity index is 835. The minimum atomic E-state index is -1.59. The maximum absolute atomic E-state index is 12.6. The van der Waals surface area contributed by atoms with E-state index in [1.807, 2.05) is 0 Å². The second-order valence-corrected chi connectivity index (χ2v) is 14.1. The monoisotopic (exact) mass is 715 g/mol. The molecule has 4 N–H and O–H groups in total. The van der Waals surface area contributed by atoms with Gasteiger partial charge in [-0.15, -0.1) is 0 Å². The molecule has 0 aromatic carbocycles. The highest BCUT2D eigenvalue weighted by Gasteiger charge is 2.44. The maximum atomic E-state index is 12.6. The van der Waals surface area contributed by atoms with Gasteiger partial charge >= 0.3 is 11.9 Å². The van der Waals surface area contributed by atoms with Gasteiger partial charge in [-0.25, -0.2) is 0 Å². The minimum absolute atomic E-state index is 0.217. The second-order valence-electron chi connectivity index (χ2n) is 14.1. The van der Waals surface area contributed by atoms with Crippen LogP contribution in [0.25, 0.3) is 0 Å². The van der Waals surface area contributed by atoms with Gasteiger partial charge in [-0.2, -0.15) is 0 Å². The van der Waals surface area contributed by atoms with E-state index >= 15 is 0 Å². The topological polar surface area (TPSA) is 152 Å². The number of aliphatic hydroxyl groups excluding tert-OH is 4. The van der Waals surface area contributed by atoms with Gasteiger partial charge in [-0.1, -0.05) is 135 Å². The number of hydrogen-bond acceptors (Lipinski definition) is 10. The Labute approximate surface area is 303 Å². The maximum Gasteiger partial charge on any atom is 0.306 e. The lowest BCUT2D eigenvalue weighted by atomic mass is 9.99. The van der Waals surface area contributed by atoms with Crippen LogP contribution in [0.5, 0.6) is 0 Å². The van der Waals surface area contributed by atoms with Crippen LogP contribution in [-0.4, -0.2) is 89.0 Å². The average Bonchev–Trinajstić information content (AvgIpc) is 3.11. The fourth-order valence-corrected chi connectivity index (χ4v) is 6.12. The fraction of sp³-hybridized carbons (Fsp3) is 0.900. The molecule has 50 heavy (non-hydrogen) atoms. The summed E-state index contributed by atoms with van der Waals surface area (Å²) in [6, 6.07) is 0. The Balaban J connectivity index is 2.21. The molecule has 0 bridgehead atoms. The highest BCUT2D eigenvalue weighted by Crippen LogP contribution is 2.22. The van der Waals surface area contributed by atoms with E-state index in [1.54, 1.807) is 0 Å². The van der Waals surface area contributed by atoms with Crippen LogP contribution in [0.3, 0.4) is 0 Å². The van der Waals surface area contributed by atoms with Crippen molar-refractivity contribution in [1.82, 2.24) is 0 Å². The number of esters is 2. The molecule has 0 radical (unpaired) electrons. The van der Waals surface area contributed by atoms with Crippen LogP contribution in [0.2, 0.25) is 0 Å². The lowest BCUT2D eigenvalue weighted by Crippen LogP contribution is -2.59. The number of unbranched alkanes of at least 4 members (excludes halogenated alkanes) is 20. The van der Waals surface area contributed by atoms with Crippen LogP contribution in [0, 0.1) is 0 Å². The van der Waals surface area contributed by atoms with Crippen molar-refractivity contribution in [1.29, 1.82) is 0 Å². The standard InChI is InChI=1S/C40H74O10/c1-3-5-7-9-10-11-12-13-14-15-16-17-18-19-20-21-22-23-24-25-27-29-36(43)49-33(31-47-35(42)28-26-8-6-4-2)32-48-40-39(46)38(45)37(44)34(30-41)50-40/h15-16,33-34,37-41,44-46H,3-14,17-32H2,1-2H3/b16-15-. The molecule has 6 unspecified atom stereocenters. The molecule has 0 aromatic rings. The molecule has 1 aliphatic rings. The van der Waals surface area contributed by atoms with Gasteiger partial charge in [-0.05, 0) is 38.5 Å². The zero-order chi connectivity index (χ0) is 36.7. The highest BCUT2D eigenvalue weighted by molar-refractivity contribution is 5.70. The van der Waals surface area contributed by atoms with Gasteiger partial charge in [-0.3, -0.25) is 9.59 Å². The molecule has 294 valence electrons. The van der Waals surface area contributed by atoms with Gasteiger partial charge in [0.1, 0.15) is 31.0 Å². The van der Waals surface area contributed by atoms with Crippen molar-refractivity contribution < 1.29 is 49.0 Å². The van der Waals surface area contributed by atoms with Gasteiger partial charge in [0.15, 0.2) is 12.4 Å². The highest BCUT2D eigenvalue weighted by atomic mass is 16.7. The summed E-state index contributed by atoms with van der Waals surface area (Å²) in [6.07, 6.45) is 24.4. The normalized spacial score (nSPS) is 21.4. The lowest BCUT2D eigenvalue weighted by molar-refractivity contribution is -0.305. The molecule has 1 fully saturated rings. The molecule has 0 saturated carbocycles. The Morgan fingerprint density at radius 2 is 1.06 bits per heavy atom. The summed E-state index contributed by atoms with van der Waals surface area (Å²) in [4.78, 5) is 24.9. The van der Waals surface area contributed by atoms with E-state index < -0.39 is 55.4 Å². The molecule has 6 atom stereocenters. The van der Waals surface area contributed by atoms with Crippen molar-refractivity contribution >= 4 is 11.9 Å². The summed E-state index contributed by atoms with van der Waals surface area (Å²) in [7, 11) is 0. The van der Waals surface area contributed by atoms with Gasteiger partial charge in [0.05, 0.1) is 13.2 Å². The fourth-order valence-electron chi connectivity index (χ4n) is 6.12. The number of carbonyl (C=O) groups excluding carboxylic acids is 2. The van der Waals surface area contributed by atoms with E-state index in [4.69, 9.17) is 18.9 Å². The molecular formula is C40H74O10. The molecule has 0 amide bonds. The van der Waals surface area contributed by atoms with E-state index in [0.29, 0.717) is 6.42 Å². The first-order valence-corrected chi connectivity index (χ1v) is 20.3. The molecule has 0 aromatic heterocycles. The number of aliphatic hydroxyl groups is 4. The third kappa shape index (κ3) is 23.8. The molecule has 10 nitrogen and oxygen atoms in total. The van der Waals surface area contributed by atoms with E-state index in [9.17, 15) is 30.0 Å². The first-order valence-electron chi connectivity index (χ1n) is 20.3. The van der Waals surface area contributed by atoms with E-state index in [1.165, 1.54) is 96.3 Å². The summed E-state index contributed by atoms with van der Waals surface area (Å²) >= 11 is 0. The van der Waals surface area contributed by atoms with E-state index in [0.717, 1.165) is 44.9 Å². The zero-order valence-corrected chi connectivity index (χ0v) is 31.7. The van der Waals surface area contributed by atoms with Crippen molar-refractivity contribution in [3.8, 4) is 0 Å². The molecule has 1 aliphatic heterocycles. The third-order valence-electron chi connectivity index (χ3n) is 9.40. The second kappa shape index (κ2) is 32.1. The van der Waals surface area contributed by atoms with Gasteiger partial charge in [0, 0.05) is 12.8 Å². The van der Waals surface area contributed by atoms with Gasteiger partial charge in [0.2, 0.25) is 0 Å². The number of carbonyl (C=O) groups is 2. The van der Waals surface area contributed by atoms with Crippen LogP contribution < -0.4 is 0 Å². The van der Waals surface area contributed by atoms with Crippen molar-refractivity contribution in [3.63, 3.8) is 0 Å². The van der Waals surface area contributed by atoms with Gasteiger partial charge in [0.25, 0.3) is 0 Å². The SMILES string of the molecule is CCCCCCCCCC/C=C\CCCCCCCCCCCC(=O)OC(COC(=O)CCCCCC)COC1OC(CO)C(O)C(O)C1O. The smallest absolute Gasteiger partial charge is 0.306 e. The molecule has 10 heteroatoms. The quantitative estimate of drug-likeness (QED) is 0.0304. The lowest BCUT2D eigenvalue weighted by Gasteiger charge is -2.39. The Morgan fingerprint density at radius 3 is 1.58 bits per heavy atom. The summed E-state index contributed by atoms with van der Waals surface area (Å²) in [5, 5.41) is 39.7. The van der Waals surface area contributed by atoms with Crippen molar-refractivity contribution in [2.45, 2.75) is 211 Å². The Morgan fingerprint density at radius 1 is 0.600 bits per heavy atom. The number of allylic oxidation sites excluding steroid dienone is 2. The summed E-state index contributed by atoms with van der Waals surface area (Å²) in [5.74, 6) is -0.825. The van der Waals surface area contributed by atoms with Crippen LogP contribution >= 0.6 is 0 Å². The zero-order valence-electron chi connectivity index (χ0n) is 31.7. The molecule has 1 rings (SSSR count). The number of hydrogen-bond donors (Lipinski definition) is 4. The summed E-state index contributed by atoms with van der Waals surface area (Å²) in [5.41, 5.74) is 0. The Kier molecular flexibility index (Phi) is 29.8. The summed E-state index contributed by atoms with van der Waals surface area (Å²) < 4.78 is 21.9. The van der Waals surface area contributed by atoms with Crippen molar-refractivity contribution in [2.75, 3.05) is 19.8 Å². The van der Waals surface area contributed by atoms with Crippen molar-refractivity contribution in [3.05, 3.63) is 12.2 Å². The molecular weight excluding hydrogens is 640 g/mol. The first kappa shape index (κ1) is 46.5. The predicted molar refractivity (Wildman–Crippen MR) is 196 cm³/mol. The molecule has 0 spiro atoms. The van der Waals surface area contributed by atoms with Crippen LogP contribution in [0.4, 0.5) is 0 Å². The average molecular weight is 715 g/mol. The molecule has 1 heterocycles. The number of rotatable bonds is 33. The van der Waals surface area contributed by atoms with Crippen LogP contribution in [0.15, 0.2) is 12.2 Å². The third-order valence-corrected chi connectivity index (χ3v) is 9.40. The summed E-state index contributed by atoms with van der Waals surface area (Å²) in [6.45, 7) is 3.28. The van der Waals surface area contributed by atoms with Gasteiger partial charge < -0.3 is 39.4 Å². The van der Waals surface area contributed by atoms with E-state index in [-0.39, 0.29) is 26.1 Å². The Hall–Kier alpha value is -1.56. The van der Waals surface area contributed by atoms with Crippen LogP contribution in [0.1, 0.15) is 174 Å². The minimum Gasteiger partial charge on any atom is -0.462 e.